The third-order valence-corrected chi connectivity index (χ3v) is 2.90. The summed E-state index contributed by atoms with van der Waals surface area (Å²) in [5.74, 6) is 0.448. The predicted octanol–water partition coefficient (Wildman–Crippen LogP) is 0.973. The number of fused-ring (bicyclic) bond motifs is 1. The van der Waals surface area contributed by atoms with Gasteiger partial charge in [0.25, 0.3) is 0 Å². The number of rotatable bonds is 1. The Morgan fingerprint density at radius 3 is 2.69 bits per heavy atom. The van der Waals surface area contributed by atoms with Crippen LogP contribution in [0.15, 0.2) is 5.16 Å². The van der Waals surface area contributed by atoms with Crippen molar-refractivity contribution in [1.82, 2.24) is 15.0 Å². The maximum atomic E-state index is 5.70. The molecule has 0 saturated carbocycles. The molecule has 0 spiro atoms. The van der Waals surface area contributed by atoms with E-state index in [2.05, 4.69) is 15.0 Å². The maximum Gasteiger partial charge on any atom is 0.191 e. The molecule has 0 unspecified atom stereocenters. The molecule has 0 radical (unpaired) electrons. The van der Waals surface area contributed by atoms with Crippen molar-refractivity contribution in [3.63, 3.8) is 0 Å². The van der Waals surface area contributed by atoms with Gasteiger partial charge >= 0.3 is 0 Å². The highest BCUT2D eigenvalue weighted by Gasteiger charge is 2.08. The highest BCUT2D eigenvalue weighted by atomic mass is 32.2. The second-order valence-corrected chi connectivity index (χ2v) is 4.10. The summed E-state index contributed by atoms with van der Waals surface area (Å²) < 4.78 is 0.760. The Hall–Kier alpha value is -1.08. The Bertz CT molecular complexity index is 451. The summed E-state index contributed by atoms with van der Waals surface area (Å²) in [6, 6.07) is 0. The number of thioether (sulfide) groups is 1. The molecular weight excluding hydrogens is 206 g/mol. The van der Waals surface area contributed by atoms with E-state index in [1.807, 2.05) is 6.26 Å². The number of thiazole rings is 1. The van der Waals surface area contributed by atoms with Crippen molar-refractivity contribution in [1.29, 1.82) is 0 Å². The average molecular weight is 213 g/mol. The summed E-state index contributed by atoms with van der Waals surface area (Å²) in [4.78, 5) is 12.3. The molecule has 0 aliphatic carbocycles. The molecule has 0 atom stereocenters. The molecular formula is C6H7N5S2. The first kappa shape index (κ1) is 8.52. The summed E-state index contributed by atoms with van der Waals surface area (Å²) in [5.41, 5.74) is 11.8. The van der Waals surface area contributed by atoms with Gasteiger partial charge in [-0.05, 0) is 6.26 Å². The van der Waals surface area contributed by atoms with E-state index >= 15 is 0 Å². The van der Waals surface area contributed by atoms with Crippen LogP contribution in [0.4, 0.5) is 10.9 Å². The summed E-state index contributed by atoms with van der Waals surface area (Å²) >= 11 is 2.73. The van der Waals surface area contributed by atoms with Crippen LogP contribution in [0.1, 0.15) is 0 Å². The van der Waals surface area contributed by atoms with Gasteiger partial charge in [0.15, 0.2) is 15.9 Å². The van der Waals surface area contributed by atoms with Gasteiger partial charge in [0.05, 0.1) is 0 Å². The maximum absolute atomic E-state index is 5.70. The fourth-order valence-electron chi connectivity index (χ4n) is 0.931. The molecule has 7 heteroatoms. The number of aromatic nitrogens is 3. The van der Waals surface area contributed by atoms with Crippen molar-refractivity contribution in [3.8, 4) is 0 Å². The lowest BCUT2D eigenvalue weighted by Gasteiger charge is -1.96. The van der Waals surface area contributed by atoms with E-state index in [9.17, 15) is 0 Å². The molecule has 5 nitrogen and oxygen atoms in total. The van der Waals surface area contributed by atoms with Crippen LogP contribution in [0, 0.1) is 0 Å². The van der Waals surface area contributed by atoms with Gasteiger partial charge in [-0.3, -0.25) is 0 Å². The van der Waals surface area contributed by atoms with Crippen LogP contribution >= 0.6 is 23.1 Å². The molecule has 0 aromatic carbocycles. The minimum Gasteiger partial charge on any atom is -0.382 e. The van der Waals surface area contributed by atoms with Crippen molar-refractivity contribution in [2.75, 3.05) is 17.7 Å². The highest BCUT2D eigenvalue weighted by molar-refractivity contribution is 7.98. The van der Waals surface area contributed by atoms with Gasteiger partial charge in [0, 0.05) is 0 Å². The fraction of sp³-hybridized carbons (Fsp3) is 0.167. The molecule has 2 rings (SSSR count). The highest BCUT2D eigenvalue weighted by Crippen LogP contribution is 2.27. The smallest absolute Gasteiger partial charge is 0.191 e. The quantitative estimate of drug-likeness (QED) is 0.542. The Kier molecular flexibility index (Phi) is 1.97. The van der Waals surface area contributed by atoms with E-state index in [4.69, 9.17) is 11.5 Å². The standard InChI is InChI=1S/C6H7N5S2/c1-12-6-9-3(7)2-4(11-6)10-5(8)13-2/h1H3,(H4,7,8,9,10,11). The first-order valence-electron chi connectivity index (χ1n) is 3.44. The Labute approximate surface area is 82.6 Å². The van der Waals surface area contributed by atoms with Gasteiger partial charge in [-0.1, -0.05) is 23.1 Å². The van der Waals surface area contributed by atoms with Crippen molar-refractivity contribution in [3.05, 3.63) is 0 Å². The van der Waals surface area contributed by atoms with E-state index in [0.717, 1.165) is 4.70 Å². The third kappa shape index (κ3) is 1.40. The van der Waals surface area contributed by atoms with Crippen LogP contribution < -0.4 is 11.5 Å². The molecule has 2 aromatic rings. The molecule has 0 aliphatic rings. The molecule has 2 aromatic heterocycles. The SMILES string of the molecule is CSc1nc(N)c2sc(N)nc2n1. The number of hydrogen-bond donors (Lipinski definition) is 2. The molecule has 0 saturated heterocycles. The van der Waals surface area contributed by atoms with Crippen LogP contribution in [0.25, 0.3) is 10.3 Å². The van der Waals surface area contributed by atoms with E-state index in [0.29, 0.717) is 21.8 Å². The van der Waals surface area contributed by atoms with Crippen LogP contribution in [0.5, 0.6) is 0 Å². The summed E-state index contributed by atoms with van der Waals surface area (Å²) in [6.07, 6.45) is 1.89. The average Bonchev–Trinajstić information content (AvgIpc) is 2.46. The van der Waals surface area contributed by atoms with E-state index < -0.39 is 0 Å². The first-order valence-corrected chi connectivity index (χ1v) is 5.48. The van der Waals surface area contributed by atoms with Crippen molar-refractivity contribution in [2.45, 2.75) is 5.16 Å². The van der Waals surface area contributed by atoms with Crippen molar-refractivity contribution < 1.29 is 0 Å². The lowest BCUT2D eigenvalue weighted by atomic mass is 10.6. The second-order valence-electron chi connectivity index (χ2n) is 2.30. The summed E-state index contributed by atoms with van der Waals surface area (Å²) in [6.45, 7) is 0. The van der Waals surface area contributed by atoms with Crippen LogP contribution in [0.3, 0.4) is 0 Å². The van der Waals surface area contributed by atoms with Gasteiger partial charge in [0.2, 0.25) is 0 Å². The van der Waals surface area contributed by atoms with E-state index in [1.54, 1.807) is 0 Å². The number of nitrogens with zero attached hydrogens (tertiary/aromatic N) is 3. The lowest BCUT2D eigenvalue weighted by molar-refractivity contribution is 1.01. The van der Waals surface area contributed by atoms with Crippen molar-refractivity contribution >= 4 is 44.4 Å². The molecule has 2 heterocycles. The zero-order valence-corrected chi connectivity index (χ0v) is 8.45. The molecule has 13 heavy (non-hydrogen) atoms. The lowest BCUT2D eigenvalue weighted by Crippen LogP contribution is -1.94. The molecule has 0 amide bonds. The molecule has 0 aliphatic heterocycles. The van der Waals surface area contributed by atoms with E-state index in [-0.39, 0.29) is 0 Å². The normalized spacial score (nSPS) is 10.8. The third-order valence-electron chi connectivity index (χ3n) is 1.46. The van der Waals surface area contributed by atoms with Gasteiger partial charge in [-0.2, -0.15) is 0 Å². The summed E-state index contributed by atoms with van der Waals surface area (Å²) in [7, 11) is 0. The monoisotopic (exact) mass is 213 g/mol. The van der Waals surface area contributed by atoms with Crippen LogP contribution in [-0.2, 0) is 0 Å². The fourth-order valence-corrected chi connectivity index (χ4v) is 1.97. The van der Waals surface area contributed by atoms with Gasteiger partial charge in [0.1, 0.15) is 10.5 Å². The number of hydrogen-bond acceptors (Lipinski definition) is 7. The number of nitrogens with two attached hydrogens (primary N) is 2. The zero-order chi connectivity index (χ0) is 9.42. The summed E-state index contributed by atoms with van der Waals surface area (Å²) in [5, 5.41) is 1.09. The Morgan fingerprint density at radius 2 is 2.00 bits per heavy atom. The minimum atomic E-state index is 0.448. The Morgan fingerprint density at radius 1 is 1.23 bits per heavy atom. The first-order chi connectivity index (χ1) is 6.20. The van der Waals surface area contributed by atoms with Gasteiger partial charge < -0.3 is 11.5 Å². The number of nitrogen functional groups attached to an aromatic ring is 2. The molecule has 68 valence electrons. The predicted molar refractivity (Wildman–Crippen MR) is 55.8 cm³/mol. The van der Waals surface area contributed by atoms with Gasteiger partial charge in [-0.15, -0.1) is 0 Å². The van der Waals surface area contributed by atoms with E-state index in [1.165, 1.54) is 23.1 Å². The van der Waals surface area contributed by atoms with Gasteiger partial charge in [-0.25, -0.2) is 15.0 Å². The van der Waals surface area contributed by atoms with Crippen LogP contribution in [0.2, 0.25) is 0 Å². The topological polar surface area (TPSA) is 90.7 Å². The zero-order valence-electron chi connectivity index (χ0n) is 6.81. The minimum absolute atomic E-state index is 0.448. The Balaban J connectivity index is 2.75. The van der Waals surface area contributed by atoms with Crippen molar-refractivity contribution in [2.24, 2.45) is 0 Å². The largest absolute Gasteiger partial charge is 0.382 e. The second kappa shape index (κ2) is 3.00. The molecule has 0 bridgehead atoms. The number of anilines is 2. The van der Waals surface area contributed by atoms with Crippen LogP contribution in [-0.4, -0.2) is 21.2 Å². The molecule has 0 fully saturated rings. The molecule has 4 N–H and O–H groups in total.